The molecule has 28 heavy (non-hydrogen) atoms. The summed E-state index contributed by atoms with van der Waals surface area (Å²) in [6.45, 7) is 1.17. The van der Waals surface area contributed by atoms with Crippen molar-refractivity contribution >= 4 is 28.9 Å². The van der Waals surface area contributed by atoms with Gasteiger partial charge in [-0.1, -0.05) is 11.6 Å². The van der Waals surface area contributed by atoms with Crippen molar-refractivity contribution in [2.24, 2.45) is 0 Å². The maximum absolute atomic E-state index is 12.7. The Morgan fingerprint density at radius 3 is 2.64 bits per heavy atom. The Morgan fingerprint density at radius 2 is 1.93 bits per heavy atom. The van der Waals surface area contributed by atoms with Crippen LogP contribution in [0.25, 0.3) is 0 Å². The number of pyridine rings is 2. The number of alkyl halides is 3. The Bertz CT molecular complexity index is 993. The van der Waals surface area contributed by atoms with E-state index in [9.17, 15) is 13.2 Å². The van der Waals surface area contributed by atoms with Crippen LogP contribution in [0.2, 0.25) is 5.02 Å². The first-order chi connectivity index (χ1) is 13.4. The Labute approximate surface area is 163 Å². The van der Waals surface area contributed by atoms with Crippen LogP contribution in [0.15, 0.2) is 43.0 Å². The molecule has 6 nitrogen and oxygen atoms in total. The third-order valence-corrected chi connectivity index (χ3v) is 4.66. The molecular weight excluding hydrogens is 393 g/mol. The molecule has 3 aromatic rings. The van der Waals surface area contributed by atoms with Crippen LogP contribution in [0.4, 0.5) is 30.5 Å². The molecule has 0 aromatic carbocycles. The van der Waals surface area contributed by atoms with Gasteiger partial charge >= 0.3 is 6.18 Å². The van der Waals surface area contributed by atoms with E-state index in [0.717, 1.165) is 23.5 Å². The van der Waals surface area contributed by atoms with Gasteiger partial charge in [-0.05, 0) is 30.7 Å². The minimum absolute atomic E-state index is 0.420. The van der Waals surface area contributed by atoms with Crippen molar-refractivity contribution in [3.05, 3.63) is 65.0 Å². The zero-order valence-corrected chi connectivity index (χ0v) is 15.2. The quantitative estimate of drug-likeness (QED) is 0.701. The number of nitrogens with zero attached hydrogens (tertiary/aromatic N) is 5. The van der Waals surface area contributed by atoms with Crippen LogP contribution in [0.1, 0.15) is 17.0 Å². The number of anilines is 3. The Kier molecular flexibility index (Phi) is 4.76. The predicted molar refractivity (Wildman–Crippen MR) is 98.6 cm³/mol. The van der Waals surface area contributed by atoms with Crippen LogP contribution in [-0.2, 0) is 19.1 Å². The van der Waals surface area contributed by atoms with Gasteiger partial charge in [0.2, 0.25) is 0 Å². The molecule has 1 aliphatic heterocycles. The van der Waals surface area contributed by atoms with Crippen molar-refractivity contribution in [1.29, 1.82) is 0 Å². The van der Waals surface area contributed by atoms with Crippen LogP contribution in [0.5, 0.6) is 0 Å². The van der Waals surface area contributed by atoms with Crippen molar-refractivity contribution in [3.8, 4) is 0 Å². The zero-order chi connectivity index (χ0) is 19.7. The second kappa shape index (κ2) is 7.23. The number of nitrogens with one attached hydrogen (secondary N) is 1. The molecule has 0 fully saturated rings. The van der Waals surface area contributed by atoms with Gasteiger partial charge in [-0.3, -0.25) is 0 Å². The van der Waals surface area contributed by atoms with E-state index in [1.165, 1.54) is 12.4 Å². The Hall–Kier alpha value is -2.94. The van der Waals surface area contributed by atoms with E-state index in [4.69, 9.17) is 11.6 Å². The third-order valence-electron chi connectivity index (χ3n) is 4.36. The third kappa shape index (κ3) is 3.70. The van der Waals surface area contributed by atoms with Crippen LogP contribution in [0.3, 0.4) is 0 Å². The Balaban J connectivity index is 1.56. The molecule has 1 N–H and O–H groups in total. The number of aromatic nitrogens is 4. The Morgan fingerprint density at radius 1 is 1.07 bits per heavy atom. The van der Waals surface area contributed by atoms with Gasteiger partial charge in [0.1, 0.15) is 23.7 Å². The maximum Gasteiger partial charge on any atom is 0.433 e. The van der Waals surface area contributed by atoms with Crippen LogP contribution >= 0.6 is 11.6 Å². The lowest BCUT2D eigenvalue weighted by Crippen LogP contribution is -2.32. The summed E-state index contributed by atoms with van der Waals surface area (Å²) in [5, 5.41) is 3.60. The lowest BCUT2D eigenvalue weighted by atomic mass is 10.1. The maximum atomic E-state index is 12.7. The molecule has 0 unspecified atom stereocenters. The van der Waals surface area contributed by atoms with Crippen molar-refractivity contribution < 1.29 is 13.2 Å². The van der Waals surface area contributed by atoms with Gasteiger partial charge in [0.25, 0.3) is 0 Å². The molecule has 0 atom stereocenters. The number of halogens is 4. The van der Waals surface area contributed by atoms with Crippen LogP contribution in [-0.4, -0.2) is 26.5 Å². The standard InChI is InChI=1S/C18H14ClF3N6/c19-13-2-1-6-23-17(13)28-7-5-12-14(9-28)25-10-26-16(12)27-11-3-4-15(24-8-11)18(20,21)22/h1-4,6,8,10H,5,7,9H2,(H,25,26,27). The van der Waals surface area contributed by atoms with Crippen molar-refractivity contribution in [2.75, 3.05) is 16.8 Å². The molecule has 0 spiro atoms. The van der Waals surface area contributed by atoms with Gasteiger partial charge in [0.05, 0.1) is 29.1 Å². The van der Waals surface area contributed by atoms with Gasteiger partial charge in [0.15, 0.2) is 0 Å². The summed E-state index contributed by atoms with van der Waals surface area (Å²) in [7, 11) is 0. The minimum atomic E-state index is -4.47. The highest BCUT2D eigenvalue weighted by Crippen LogP contribution is 2.31. The summed E-state index contributed by atoms with van der Waals surface area (Å²) in [5.41, 5.74) is 1.20. The van der Waals surface area contributed by atoms with Crippen molar-refractivity contribution in [1.82, 2.24) is 19.9 Å². The lowest BCUT2D eigenvalue weighted by molar-refractivity contribution is -0.141. The number of hydrogen-bond acceptors (Lipinski definition) is 6. The largest absolute Gasteiger partial charge is 0.433 e. The van der Waals surface area contributed by atoms with E-state index in [0.29, 0.717) is 41.9 Å². The highest BCUT2D eigenvalue weighted by molar-refractivity contribution is 6.32. The first-order valence-corrected chi connectivity index (χ1v) is 8.78. The molecule has 4 rings (SSSR count). The van der Waals surface area contributed by atoms with Crippen molar-refractivity contribution in [2.45, 2.75) is 19.1 Å². The van der Waals surface area contributed by atoms with Gasteiger partial charge in [-0.15, -0.1) is 0 Å². The molecule has 144 valence electrons. The molecule has 0 bridgehead atoms. The van der Waals surface area contributed by atoms with Crippen LogP contribution in [0, 0.1) is 0 Å². The lowest BCUT2D eigenvalue weighted by Gasteiger charge is -2.30. The molecule has 4 heterocycles. The molecule has 10 heteroatoms. The topological polar surface area (TPSA) is 66.8 Å². The number of rotatable bonds is 3. The molecule has 0 saturated heterocycles. The van der Waals surface area contributed by atoms with Gasteiger partial charge in [-0.25, -0.2) is 19.9 Å². The first kappa shape index (κ1) is 18.4. The van der Waals surface area contributed by atoms with Crippen LogP contribution < -0.4 is 10.2 Å². The van der Waals surface area contributed by atoms with E-state index < -0.39 is 11.9 Å². The fraction of sp³-hybridized carbons (Fsp3) is 0.222. The molecule has 0 aliphatic carbocycles. The van der Waals surface area contributed by atoms with Crippen molar-refractivity contribution in [3.63, 3.8) is 0 Å². The second-order valence-corrected chi connectivity index (χ2v) is 6.59. The van der Waals surface area contributed by atoms with E-state index in [1.54, 1.807) is 18.3 Å². The van der Waals surface area contributed by atoms with Gasteiger partial charge in [0, 0.05) is 18.3 Å². The highest BCUT2D eigenvalue weighted by Gasteiger charge is 2.32. The minimum Gasteiger partial charge on any atom is -0.349 e. The van der Waals surface area contributed by atoms with E-state index in [-0.39, 0.29) is 0 Å². The van der Waals surface area contributed by atoms with E-state index >= 15 is 0 Å². The van der Waals surface area contributed by atoms with E-state index in [1.807, 2.05) is 4.90 Å². The summed E-state index contributed by atoms with van der Waals surface area (Å²) in [6, 6.07) is 5.81. The second-order valence-electron chi connectivity index (χ2n) is 6.18. The summed E-state index contributed by atoms with van der Waals surface area (Å²) < 4.78 is 38.0. The fourth-order valence-electron chi connectivity index (χ4n) is 3.03. The summed E-state index contributed by atoms with van der Waals surface area (Å²) in [5.74, 6) is 1.24. The monoisotopic (exact) mass is 406 g/mol. The summed E-state index contributed by atoms with van der Waals surface area (Å²) in [6.07, 6.45) is 0.409. The smallest absolute Gasteiger partial charge is 0.349 e. The van der Waals surface area contributed by atoms with Gasteiger partial charge < -0.3 is 10.2 Å². The molecule has 3 aromatic heterocycles. The molecular formula is C18H14ClF3N6. The number of hydrogen-bond donors (Lipinski definition) is 1. The van der Waals surface area contributed by atoms with Gasteiger partial charge in [-0.2, -0.15) is 13.2 Å². The average Bonchev–Trinajstić information content (AvgIpc) is 2.68. The zero-order valence-electron chi connectivity index (χ0n) is 14.4. The molecule has 0 amide bonds. The molecule has 0 radical (unpaired) electrons. The summed E-state index contributed by atoms with van der Waals surface area (Å²) in [4.78, 5) is 18.4. The fourth-order valence-corrected chi connectivity index (χ4v) is 3.27. The normalized spacial score (nSPS) is 13.9. The highest BCUT2D eigenvalue weighted by atomic mass is 35.5. The average molecular weight is 407 g/mol. The summed E-state index contributed by atoms with van der Waals surface area (Å²) >= 11 is 6.23. The SMILES string of the molecule is FC(F)(F)c1ccc(Nc2ncnc3c2CCN(c2ncccc2Cl)C3)cn1. The number of fused-ring (bicyclic) bond motifs is 1. The predicted octanol–water partition coefficient (Wildman–Crippen LogP) is 4.25. The molecule has 0 saturated carbocycles. The molecule has 1 aliphatic rings. The van der Waals surface area contributed by atoms with E-state index in [2.05, 4.69) is 25.3 Å². The first-order valence-electron chi connectivity index (χ1n) is 8.40.